The van der Waals surface area contributed by atoms with Crippen LogP contribution in [0.1, 0.15) is 18.4 Å². The average molecular weight is 414 g/mol. The van der Waals surface area contributed by atoms with Gasteiger partial charge in [0.05, 0.1) is 5.92 Å². The van der Waals surface area contributed by atoms with E-state index in [0.29, 0.717) is 5.91 Å². The molecule has 3 aromatic rings. The molecular formula is C27H31N3O. The number of fused-ring (bicyclic) bond motifs is 1. The van der Waals surface area contributed by atoms with Crippen molar-refractivity contribution < 1.29 is 4.79 Å². The predicted molar refractivity (Wildman–Crippen MR) is 127 cm³/mol. The first kappa shape index (κ1) is 20.1. The molecule has 2 fully saturated rings. The highest BCUT2D eigenvalue weighted by Gasteiger charge is 2.31. The lowest BCUT2D eigenvalue weighted by molar-refractivity contribution is -0.137. The molecule has 4 nitrogen and oxygen atoms in total. The van der Waals surface area contributed by atoms with Crippen LogP contribution in [0.5, 0.6) is 0 Å². The van der Waals surface area contributed by atoms with Gasteiger partial charge in [0.25, 0.3) is 0 Å². The zero-order valence-electron chi connectivity index (χ0n) is 18.1. The fourth-order valence-corrected chi connectivity index (χ4v) is 5.15. The summed E-state index contributed by atoms with van der Waals surface area (Å²) in [7, 11) is 0. The summed E-state index contributed by atoms with van der Waals surface area (Å²) in [5.41, 5.74) is 2.62. The smallest absolute Gasteiger partial charge is 0.227 e. The minimum absolute atomic E-state index is 0.131. The van der Waals surface area contributed by atoms with Crippen molar-refractivity contribution >= 4 is 22.4 Å². The Morgan fingerprint density at radius 1 is 0.806 bits per heavy atom. The van der Waals surface area contributed by atoms with Gasteiger partial charge in [-0.05, 0) is 47.9 Å². The normalized spacial score (nSPS) is 20.2. The molecule has 0 aromatic heterocycles. The second kappa shape index (κ2) is 9.11. The molecule has 0 N–H and O–H groups in total. The molecule has 1 atom stereocenters. The van der Waals surface area contributed by atoms with Crippen LogP contribution in [0.15, 0.2) is 72.8 Å². The summed E-state index contributed by atoms with van der Waals surface area (Å²) in [6.07, 6.45) is 2.12. The number of carbonyl (C=O) groups is 1. The van der Waals surface area contributed by atoms with E-state index in [9.17, 15) is 4.79 Å². The molecule has 1 unspecified atom stereocenters. The highest BCUT2D eigenvalue weighted by Crippen LogP contribution is 2.25. The molecule has 1 amide bonds. The number of anilines is 1. The molecule has 0 spiro atoms. The number of carbonyl (C=O) groups excluding carboxylic acids is 1. The van der Waals surface area contributed by atoms with E-state index in [-0.39, 0.29) is 5.92 Å². The van der Waals surface area contributed by atoms with E-state index in [0.717, 1.165) is 58.7 Å². The van der Waals surface area contributed by atoms with Gasteiger partial charge in [0.15, 0.2) is 0 Å². The van der Waals surface area contributed by atoms with Gasteiger partial charge >= 0.3 is 0 Å². The van der Waals surface area contributed by atoms with E-state index >= 15 is 0 Å². The minimum atomic E-state index is 0.131. The third kappa shape index (κ3) is 4.45. The number of likely N-dealkylation sites (tertiary alicyclic amines) is 1. The Kier molecular flexibility index (Phi) is 5.90. The van der Waals surface area contributed by atoms with Gasteiger partial charge in [-0.1, -0.05) is 60.7 Å². The predicted octanol–water partition coefficient (Wildman–Crippen LogP) is 4.40. The van der Waals surface area contributed by atoms with Crippen molar-refractivity contribution in [3.05, 3.63) is 78.4 Å². The van der Waals surface area contributed by atoms with Crippen LogP contribution >= 0.6 is 0 Å². The van der Waals surface area contributed by atoms with Gasteiger partial charge in [-0.2, -0.15) is 0 Å². The Morgan fingerprint density at radius 3 is 2.39 bits per heavy atom. The highest BCUT2D eigenvalue weighted by molar-refractivity contribution is 5.85. The first-order chi connectivity index (χ1) is 15.3. The number of para-hydroxylation sites is 1. The quantitative estimate of drug-likeness (QED) is 0.634. The average Bonchev–Trinajstić information content (AvgIpc) is 2.85. The summed E-state index contributed by atoms with van der Waals surface area (Å²) in [5.74, 6) is 0.488. The lowest BCUT2D eigenvalue weighted by Crippen LogP contribution is -2.52. The Balaban J connectivity index is 1.20. The Bertz CT molecular complexity index is 1020. The van der Waals surface area contributed by atoms with Crippen LogP contribution in [0.4, 0.5) is 5.69 Å². The summed E-state index contributed by atoms with van der Waals surface area (Å²) in [4.78, 5) is 20.3. The maximum atomic E-state index is 13.3. The first-order valence-electron chi connectivity index (χ1n) is 11.6. The van der Waals surface area contributed by atoms with Crippen molar-refractivity contribution in [2.24, 2.45) is 5.92 Å². The van der Waals surface area contributed by atoms with E-state index in [1.807, 2.05) is 0 Å². The van der Waals surface area contributed by atoms with Crippen molar-refractivity contribution in [1.29, 1.82) is 0 Å². The van der Waals surface area contributed by atoms with Gasteiger partial charge < -0.3 is 9.80 Å². The van der Waals surface area contributed by atoms with Gasteiger partial charge in [-0.25, -0.2) is 0 Å². The van der Waals surface area contributed by atoms with Crippen LogP contribution in [-0.4, -0.2) is 55.0 Å². The van der Waals surface area contributed by atoms with Gasteiger partial charge in [-0.3, -0.25) is 9.69 Å². The summed E-state index contributed by atoms with van der Waals surface area (Å²) in [6.45, 7) is 6.37. The van der Waals surface area contributed by atoms with Crippen molar-refractivity contribution in [1.82, 2.24) is 9.80 Å². The van der Waals surface area contributed by atoms with E-state index < -0.39 is 0 Å². The Hall–Kier alpha value is -2.85. The number of benzene rings is 3. The summed E-state index contributed by atoms with van der Waals surface area (Å²) < 4.78 is 0. The minimum Gasteiger partial charge on any atom is -0.368 e. The molecule has 2 aliphatic heterocycles. The van der Waals surface area contributed by atoms with Crippen molar-refractivity contribution in [3.8, 4) is 0 Å². The number of hydrogen-bond acceptors (Lipinski definition) is 3. The maximum Gasteiger partial charge on any atom is 0.227 e. The Morgan fingerprint density at radius 2 is 1.55 bits per heavy atom. The van der Waals surface area contributed by atoms with E-state index in [2.05, 4.69) is 87.5 Å². The highest BCUT2D eigenvalue weighted by atomic mass is 16.2. The molecule has 160 valence electrons. The van der Waals surface area contributed by atoms with E-state index in [1.165, 1.54) is 22.0 Å². The summed E-state index contributed by atoms with van der Waals surface area (Å²) in [6, 6.07) is 25.7. The SMILES string of the molecule is O=C(C1CCCN(Cc2cccc3ccccc23)C1)N1CCN(c2ccccc2)CC1. The fourth-order valence-electron chi connectivity index (χ4n) is 5.15. The van der Waals surface area contributed by atoms with Crippen LogP contribution in [0, 0.1) is 5.92 Å². The van der Waals surface area contributed by atoms with Crippen LogP contribution in [0.25, 0.3) is 10.8 Å². The number of rotatable bonds is 4. The lowest BCUT2D eigenvalue weighted by atomic mass is 9.95. The monoisotopic (exact) mass is 413 g/mol. The van der Waals surface area contributed by atoms with E-state index in [1.54, 1.807) is 0 Å². The Labute approximate surface area is 185 Å². The van der Waals surface area contributed by atoms with Crippen molar-refractivity contribution in [2.45, 2.75) is 19.4 Å². The molecule has 2 heterocycles. The summed E-state index contributed by atoms with van der Waals surface area (Å²) in [5, 5.41) is 2.62. The second-order valence-corrected chi connectivity index (χ2v) is 8.86. The largest absolute Gasteiger partial charge is 0.368 e. The number of piperazine rings is 1. The topological polar surface area (TPSA) is 26.8 Å². The maximum absolute atomic E-state index is 13.3. The van der Waals surface area contributed by atoms with E-state index in [4.69, 9.17) is 0 Å². The van der Waals surface area contributed by atoms with Crippen LogP contribution in [0.2, 0.25) is 0 Å². The molecule has 2 saturated heterocycles. The van der Waals surface area contributed by atoms with Crippen LogP contribution in [-0.2, 0) is 11.3 Å². The fraction of sp³-hybridized carbons (Fsp3) is 0.370. The van der Waals surface area contributed by atoms with Gasteiger partial charge in [-0.15, -0.1) is 0 Å². The van der Waals surface area contributed by atoms with Crippen molar-refractivity contribution in [3.63, 3.8) is 0 Å². The first-order valence-corrected chi connectivity index (χ1v) is 11.6. The third-order valence-electron chi connectivity index (χ3n) is 6.84. The number of hydrogen-bond donors (Lipinski definition) is 0. The molecule has 0 bridgehead atoms. The zero-order chi connectivity index (χ0) is 21.0. The molecule has 0 radical (unpaired) electrons. The van der Waals surface area contributed by atoms with Crippen LogP contribution < -0.4 is 4.90 Å². The molecule has 0 aliphatic carbocycles. The van der Waals surface area contributed by atoms with Gasteiger partial charge in [0, 0.05) is 45.0 Å². The molecule has 2 aliphatic rings. The van der Waals surface area contributed by atoms with Crippen LogP contribution in [0.3, 0.4) is 0 Å². The summed E-state index contributed by atoms with van der Waals surface area (Å²) >= 11 is 0. The van der Waals surface area contributed by atoms with Gasteiger partial charge in [0.2, 0.25) is 5.91 Å². The number of nitrogens with zero attached hydrogens (tertiary/aromatic N) is 3. The molecule has 3 aromatic carbocycles. The molecular weight excluding hydrogens is 382 g/mol. The molecule has 0 saturated carbocycles. The second-order valence-electron chi connectivity index (χ2n) is 8.86. The number of amides is 1. The van der Waals surface area contributed by atoms with Crippen molar-refractivity contribution in [2.75, 3.05) is 44.2 Å². The van der Waals surface area contributed by atoms with Gasteiger partial charge in [0.1, 0.15) is 0 Å². The number of piperidine rings is 1. The lowest BCUT2D eigenvalue weighted by Gasteiger charge is -2.39. The molecule has 31 heavy (non-hydrogen) atoms. The third-order valence-corrected chi connectivity index (χ3v) is 6.84. The molecule has 4 heteroatoms. The molecule has 5 rings (SSSR count). The zero-order valence-corrected chi connectivity index (χ0v) is 18.1. The standard InChI is InChI=1S/C27H31N3O/c31-27(30-18-16-29(17-19-30)25-12-2-1-3-13-25)24-11-7-15-28(21-24)20-23-10-6-9-22-8-4-5-14-26(22)23/h1-6,8-10,12-14,24H,7,11,15-21H2.